The lowest BCUT2D eigenvalue weighted by Crippen LogP contribution is -2.48. The summed E-state index contributed by atoms with van der Waals surface area (Å²) in [5.41, 5.74) is 2.23. The van der Waals surface area contributed by atoms with Crippen LogP contribution in [0.3, 0.4) is 0 Å². The molecule has 170 valence electrons. The number of likely N-dealkylation sites (N-methyl/N-ethyl adjacent to an activating group) is 1. The topological polar surface area (TPSA) is 121 Å². The standard InChI is InChI=1S/C22H22N6O4S/c1-13-4-7-18(14(2)10-13)33(31,32)22-20-23-21(30)16-6-5-15(11-17(16)28(20)25-24-22)27-9-8-26(3)19(29)12-27/h4-7,10-11H,8-9,12H2,1-3H3,(H,23,30). The normalized spacial score (nSPS) is 15.1. The fourth-order valence-corrected chi connectivity index (χ4v) is 5.64. The van der Waals surface area contributed by atoms with Crippen LogP contribution in [0.5, 0.6) is 0 Å². The Morgan fingerprint density at radius 3 is 2.55 bits per heavy atom. The number of aromatic amines is 1. The second kappa shape index (κ2) is 7.41. The number of sulfone groups is 1. The molecule has 1 saturated heterocycles. The van der Waals surface area contributed by atoms with Crippen LogP contribution in [0, 0.1) is 13.8 Å². The van der Waals surface area contributed by atoms with Gasteiger partial charge in [0.1, 0.15) is 0 Å². The molecule has 10 nitrogen and oxygen atoms in total. The second-order valence-electron chi connectivity index (χ2n) is 8.32. The molecule has 0 radical (unpaired) electrons. The zero-order valence-corrected chi connectivity index (χ0v) is 19.2. The van der Waals surface area contributed by atoms with Gasteiger partial charge in [-0.1, -0.05) is 22.9 Å². The molecule has 0 atom stereocenters. The number of rotatable bonds is 3. The number of fused-ring (bicyclic) bond motifs is 3. The number of carbonyl (C=O) groups is 1. The van der Waals surface area contributed by atoms with Crippen molar-refractivity contribution in [3.8, 4) is 0 Å². The Balaban J connectivity index is 1.68. The molecule has 2 aromatic carbocycles. The van der Waals surface area contributed by atoms with Gasteiger partial charge >= 0.3 is 0 Å². The molecule has 5 rings (SSSR count). The van der Waals surface area contributed by atoms with Crippen LogP contribution in [0.4, 0.5) is 5.69 Å². The highest BCUT2D eigenvalue weighted by Crippen LogP contribution is 2.27. The minimum Gasteiger partial charge on any atom is -0.360 e. The van der Waals surface area contributed by atoms with E-state index in [-0.39, 0.29) is 28.0 Å². The molecule has 0 spiro atoms. The van der Waals surface area contributed by atoms with Crippen LogP contribution < -0.4 is 10.5 Å². The molecule has 0 unspecified atom stereocenters. The highest BCUT2D eigenvalue weighted by atomic mass is 32.2. The number of nitrogens with one attached hydrogen (secondary N) is 1. The molecule has 1 aliphatic rings. The van der Waals surface area contributed by atoms with Gasteiger partial charge in [-0.25, -0.2) is 8.42 Å². The van der Waals surface area contributed by atoms with Crippen LogP contribution >= 0.6 is 0 Å². The van der Waals surface area contributed by atoms with Gasteiger partial charge in [0.05, 0.1) is 22.3 Å². The molecule has 0 bridgehead atoms. The van der Waals surface area contributed by atoms with Crippen molar-refractivity contribution in [2.75, 3.05) is 31.6 Å². The van der Waals surface area contributed by atoms with Gasteiger partial charge in [-0.15, -0.1) is 5.10 Å². The summed E-state index contributed by atoms with van der Waals surface area (Å²) in [4.78, 5) is 31.3. The lowest BCUT2D eigenvalue weighted by Gasteiger charge is -2.33. The fourth-order valence-electron chi connectivity index (χ4n) is 4.17. The summed E-state index contributed by atoms with van der Waals surface area (Å²) < 4.78 is 28.1. The molecule has 3 heterocycles. The molecular formula is C22H22N6O4S. The van der Waals surface area contributed by atoms with Crippen LogP contribution in [0.15, 0.2) is 51.1 Å². The maximum Gasteiger partial charge on any atom is 0.259 e. The lowest BCUT2D eigenvalue weighted by atomic mass is 10.2. The third-order valence-electron chi connectivity index (χ3n) is 6.02. The average Bonchev–Trinajstić information content (AvgIpc) is 3.20. The first kappa shape index (κ1) is 21.1. The summed E-state index contributed by atoms with van der Waals surface area (Å²) in [6.07, 6.45) is 0. The molecule has 0 aliphatic carbocycles. The Bertz CT molecular complexity index is 1600. The van der Waals surface area contributed by atoms with Crippen molar-refractivity contribution in [3.63, 3.8) is 0 Å². The Morgan fingerprint density at radius 1 is 1.03 bits per heavy atom. The molecule has 1 N–H and O–H groups in total. The van der Waals surface area contributed by atoms with Crippen LogP contribution in [0.2, 0.25) is 0 Å². The van der Waals surface area contributed by atoms with Crippen molar-refractivity contribution in [1.29, 1.82) is 0 Å². The number of hydrogen-bond donors (Lipinski definition) is 1. The number of anilines is 1. The van der Waals surface area contributed by atoms with Gasteiger partial charge in [0, 0.05) is 25.8 Å². The fraction of sp³-hybridized carbons (Fsp3) is 0.273. The first-order chi connectivity index (χ1) is 15.7. The summed E-state index contributed by atoms with van der Waals surface area (Å²) >= 11 is 0. The van der Waals surface area contributed by atoms with Gasteiger partial charge in [0.15, 0.2) is 5.65 Å². The van der Waals surface area contributed by atoms with Crippen LogP contribution in [-0.4, -0.2) is 65.7 Å². The van der Waals surface area contributed by atoms with Gasteiger partial charge in [0.25, 0.3) is 5.56 Å². The van der Waals surface area contributed by atoms with Crippen molar-refractivity contribution in [2.45, 2.75) is 23.8 Å². The highest BCUT2D eigenvalue weighted by Gasteiger charge is 2.28. The smallest absolute Gasteiger partial charge is 0.259 e. The number of aryl methyl sites for hydroxylation is 2. The van der Waals surface area contributed by atoms with Crippen LogP contribution in [0.25, 0.3) is 16.6 Å². The predicted octanol–water partition coefficient (Wildman–Crippen LogP) is 1.30. The van der Waals surface area contributed by atoms with Gasteiger partial charge in [0.2, 0.25) is 20.8 Å². The minimum absolute atomic E-state index is 0.00000548. The molecule has 1 fully saturated rings. The van der Waals surface area contributed by atoms with E-state index in [9.17, 15) is 18.0 Å². The van der Waals surface area contributed by atoms with Crippen molar-refractivity contribution in [3.05, 3.63) is 57.9 Å². The number of aromatic nitrogens is 4. The maximum absolute atomic E-state index is 13.4. The van der Waals surface area contributed by atoms with E-state index in [4.69, 9.17) is 0 Å². The summed E-state index contributed by atoms with van der Waals surface area (Å²) in [5.74, 6) is 0.00000548. The van der Waals surface area contributed by atoms with Gasteiger partial charge < -0.3 is 14.8 Å². The maximum atomic E-state index is 13.4. The van der Waals surface area contributed by atoms with E-state index >= 15 is 0 Å². The molecule has 4 aromatic rings. The van der Waals surface area contributed by atoms with E-state index in [0.29, 0.717) is 29.6 Å². The Labute approximate surface area is 189 Å². The quantitative estimate of drug-likeness (QED) is 0.483. The van der Waals surface area contributed by atoms with Crippen molar-refractivity contribution in [1.82, 2.24) is 24.7 Å². The Hall–Kier alpha value is -3.73. The number of nitrogens with zero attached hydrogens (tertiary/aromatic N) is 5. The number of H-pyrrole nitrogens is 1. The van der Waals surface area contributed by atoms with E-state index in [1.165, 1.54) is 10.6 Å². The number of amides is 1. The van der Waals surface area contributed by atoms with E-state index in [1.807, 2.05) is 11.8 Å². The van der Waals surface area contributed by atoms with Gasteiger partial charge in [-0.3, -0.25) is 9.59 Å². The third kappa shape index (κ3) is 3.35. The first-order valence-corrected chi connectivity index (χ1v) is 11.9. The largest absolute Gasteiger partial charge is 0.360 e. The molecule has 1 aliphatic heterocycles. The number of piperazine rings is 1. The van der Waals surface area contributed by atoms with E-state index in [1.54, 1.807) is 49.2 Å². The van der Waals surface area contributed by atoms with Crippen molar-refractivity contribution < 1.29 is 13.2 Å². The second-order valence-corrected chi connectivity index (χ2v) is 10.2. The molecule has 2 aromatic heterocycles. The zero-order chi connectivity index (χ0) is 23.5. The van der Waals surface area contributed by atoms with Gasteiger partial charge in [-0.2, -0.15) is 4.52 Å². The van der Waals surface area contributed by atoms with Crippen molar-refractivity contribution >= 4 is 38.0 Å². The zero-order valence-electron chi connectivity index (χ0n) is 18.4. The SMILES string of the molecule is Cc1ccc(S(=O)(=O)c2nnn3c2[nH]c(=O)c2ccc(N4CCN(C)C(=O)C4)cc23)c(C)c1. The third-order valence-corrected chi connectivity index (χ3v) is 7.84. The van der Waals surface area contributed by atoms with Crippen molar-refractivity contribution in [2.24, 2.45) is 0 Å². The Morgan fingerprint density at radius 2 is 1.82 bits per heavy atom. The van der Waals surface area contributed by atoms with E-state index < -0.39 is 15.4 Å². The molecule has 33 heavy (non-hydrogen) atoms. The molecular weight excluding hydrogens is 444 g/mol. The lowest BCUT2D eigenvalue weighted by molar-refractivity contribution is -0.129. The molecule has 11 heteroatoms. The number of benzene rings is 2. The average molecular weight is 467 g/mol. The number of carbonyl (C=O) groups excluding carboxylic acids is 1. The number of hydrogen-bond acceptors (Lipinski definition) is 7. The molecule has 1 amide bonds. The minimum atomic E-state index is -4.02. The first-order valence-electron chi connectivity index (χ1n) is 10.4. The monoisotopic (exact) mass is 466 g/mol. The summed E-state index contributed by atoms with van der Waals surface area (Å²) in [6, 6.07) is 10.2. The summed E-state index contributed by atoms with van der Waals surface area (Å²) in [5, 5.41) is 8.04. The van der Waals surface area contributed by atoms with E-state index in [0.717, 1.165) is 11.3 Å². The highest BCUT2D eigenvalue weighted by molar-refractivity contribution is 7.91. The van der Waals surface area contributed by atoms with Gasteiger partial charge in [-0.05, 0) is 43.7 Å². The predicted molar refractivity (Wildman–Crippen MR) is 122 cm³/mol. The Kier molecular flexibility index (Phi) is 4.74. The summed E-state index contributed by atoms with van der Waals surface area (Å²) in [6.45, 7) is 5.05. The van der Waals surface area contributed by atoms with Crippen LogP contribution in [-0.2, 0) is 14.6 Å². The van der Waals surface area contributed by atoms with E-state index in [2.05, 4.69) is 15.3 Å². The molecule has 0 saturated carbocycles. The van der Waals surface area contributed by atoms with Crippen LogP contribution in [0.1, 0.15) is 11.1 Å². The summed E-state index contributed by atoms with van der Waals surface area (Å²) in [7, 11) is -2.26.